The molecule has 0 aliphatic heterocycles. The quantitative estimate of drug-likeness (QED) is 0.845. The second-order valence-electron chi connectivity index (χ2n) is 6.46. The number of carboxylic acids is 1. The van der Waals surface area contributed by atoms with Crippen molar-refractivity contribution < 1.29 is 14.7 Å². The van der Waals surface area contributed by atoms with Crippen LogP contribution in [-0.2, 0) is 4.79 Å². The first-order valence-electron chi connectivity index (χ1n) is 8.28. The molecule has 6 nitrogen and oxygen atoms in total. The molecule has 0 saturated heterocycles. The summed E-state index contributed by atoms with van der Waals surface area (Å²) in [6.07, 6.45) is 3.82. The number of para-hydroxylation sites is 1. The van der Waals surface area contributed by atoms with Crippen LogP contribution in [0, 0.1) is 0 Å². The van der Waals surface area contributed by atoms with Gasteiger partial charge in [-0.15, -0.1) is 0 Å². The minimum Gasteiger partial charge on any atom is -0.481 e. The highest BCUT2D eigenvalue weighted by Gasteiger charge is 2.40. The molecule has 1 aromatic heterocycles. The van der Waals surface area contributed by atoms with Crippen LogP contribution in [0.1, 0.15) is 36.0 Å². The summed E-state index contributed by atoms with van der Waals surface area (Å²) in [6.45, 7) is 0. The summed E-state index contributed by atoms with van der Waals surface area (Å²) in [5.41, 5.74) is 0.826. The van der Waals surface area contributed by atoms with Crippen LogP contribution < -0.4 is 10.2 Å². The van der Waals surface area contributed by atoms with Crippen molar-refractivity contribution in [1.82, 2.24) is 10.3 Å². The van der Waals surface area contributed by atoms with E-state index in [1.165, 1.54) is 6.20 Å². The van der Waals surface area contributed by atoms with Crippen LogP contribution in [0.5, 0.6) is 0 Å². The van der Waals surface area contributed by atoms with E-state index in [1.807, 2.05) is 42.3 Å². The number of aromatic nitrogens is 1. The summed E-state index contributed by atoms with van der Waals surface area (Å²) in [5.74, 6) is -0.438. The highest BCUT2D eigenvalue weighted by molar-refractivity contribution is 5.95. The molecule has 1 fully saturated rings. The van der Waals surface area contributed by atoms with Crippen molar-refractivity contribution in [1.29, 1.82) is 0 Å². The third kappa shape index (κ3) is 3.79. The van der Waals surface area contributed by atoms with Gasteiger partial charge in [0.05, 0.1) is 17.5 Å². The van der Waals surface area contributed by atoms with Crippen LogP contribution in [-0.4, -0.2) is 34.6 Å². The smallest absolute Gasteiger partial charge is 0.305 e. The van der Waals surface area contributed by atoms with Gasteiger partial charge in [0.2, 0.25) is 0 Å². The van der Waals surface area contributed by atoms with Crippen molar-refractivity contribution >= 4 is 23.4 Å². The number of aliphatic carboxylic acids is 1. The topological polar surface area (TPSA) is 82.5 Å². The predicted octanol–water partition coefficient (Wildman–Crippen LogP) is 2.98. The van der Waals surface area contributed by atoms with Gasteiger partial charge < -0.3 is 15.3 Å². The molecule has 0 bridgehead atoms. The zero-order valence-corrected chi connectivity index (χ0v) is 14.1. The standard InChI is InChI=1S/C19H21N3O3/c1-22(15-6-3-2-4-7-15)16-9-8-14(13-20-16)18(25)21-19(10-5-11-19)12-17(23)24/h2-4,6-9,13H,5,10-12H2,1H3,(H,21,25)(H,23,24). The lowest BCUT2D eigenvalue weighted by Crippen LogP contribution is -2.54. The number of hydrogen-bond acceptors (Lipinski definition) is 4. The largest absolute Gasteiger partial charge is 0.481 e. The van der Waals surface area contributed by atoms with Crippen molar-refractivity contribution in [3.05, 3.63) is 54.2 Å². The number of anilines is 2. The zero-order valence-electron chi connectivity index (χ0n) is 14.1. The van der Waals surface area contributed by atoms with Gasteiger partial charge in [-0.25, -0.2) is 4.98 Å². The van der Waals surface area contributed by atoms with Crippen LogP contribution in [0.2, 0.25) is 0 Å². The molecule has 1 aliphatic rings. The van der Waals surface area contributed by atoms with Crippen molar-refractivity contribution in [3.63, 3.8) is 0 Å². The molecule has 0 radical (unpaired) electrons. The minimum absolute atomic E-state index is 0.0407. The number of benzene rings is 1. The molecule has 0 spiro atoms. The zero-order chi connectivity index (χ0) is 17.9. The lowest BCUT2D eigenvalue weighted by atomic mass is 9.74. The molecule has 6 heteroatoms. The first kappa shape index (κ1) is 17.0. The minimum atomic E-state index is -0.891. The fourth-order valence-corrected chi connectivity index (χ4v) is 3.05. The third-order valence-corrected chi connectivity index (χ3v) is 4.68. The van der Waals surface area contributed by atoms with Crippen molar-refractivity contribution in [2.75, 3.05) is 11.9 Å². The molecule has 2 N–H and O–H groups in total. The van der Waals surface area contributed by atoms with Gasteiger partial charge in [-0.1, -0.05) is 18.2 Å². The van der Waals surface area contributed by atoms with Gasteiger partial charge in [-0.3, -0.25) is 9.59 Å². The van der Waals surface area contributed by atoms with Crippen molar-refractivity contribution in [3.8, 4) is 0 Å². The molecule has 1 saturated carbocycles. The van der Waals surface area contributed by atoms with Gasteiger partial charge in [0, 0.05) is 18.9 Å². The van der Waals surface area contributed by atoms with E-state index in [1.54, 1.807) is 12.1 Å². The van der Waals surface area contributed by atoms with Gasteiger partial charge in [0.25, 0.3) is 5.91 Å². The Bertz CT molecular complexity index is 755. The lowest BCUT2D eigenvalue weighted by molar-refractivity contribution is -0.139. The Morgan fingerprint density at radius 1 is 1.20 bits per heavy atom. The summed E-state index contributed by atoms with van der Waals surface area (Å²) < 4.78 is 0. The normalized spacial score (nSPS) is 15.1. The number of pyridine rings is 1. The molecular formula is C19H21N3O3. The second kappa shape index (κ2) is 6.93. The molecule has 1 aliphatic carbocycles. The van der Waals surface area contributed by atoms with Crippen LogP contribution in [0.15, 0.2) is 48.7 Å². The Kier molecular flexibility index (Phi) is 4.70. The van der Waals surface area contributed by atoms with E-state index in [2.05, 4.69) is 10.3 Å². The van der Waals surface area contributed by atoms with Crippen LogP contribution in [0.25, 0.3) is 0 Å². The van der Waals surface area contributed by atoms with Crippen LogP contribution >= 0.6 is 0 Å². The maximum atomic E-state index is 12.4. The van der Waals surface area contributed by atoms with Crippen molar-refractivity contribution in [2.45, 2.75) is 31.2 Å². The summed E-state index contributed by atoms with van der Waals surface area (Å²) in [5, 5.41) is 11.9. The van der Waals surface area contributed by atoms with E-state index in [4.69, 9.17) is 5.11 Å². The Morgan fingerprint density at radius 3 is 2.44 bits per heavy atom. The van der Waals surface area contributed by atoms with Crippen molar-refractivity contribution in [2.24, 2.45) is 0 Å². The van der Waals surface area contributed by atoms with E-state index in [9.17, 15) is 9.59 Å². The van der Waals surface area contributed by atoms with E-state index in [0.29, 0.717) is 18.4 Å². The molecule has 1 amide bonds. The maximum absolute atomic E-state index is 12.4. The highest BCUT2D eigenvalue weighted by Crippen LogP contribution is 2.35. The molecule has 25 heavy (non-hydrogen) atoms. The number of hydrogen-bond donors (Lipinski definition) is 2. The molecule has 1 aromatic carbocycles. The number of nitrogens with zero attached hydrogens (tertiary/aromatic N) is 2. The van der Waals surface area contributed by atoms with E-state index >= 15 is 0 Å². The van der Waals surface area contributed by atoms with E-state index < -0.39 is 11.5 Å². The average molecular weight is 339 g/mol. The van der Waals surface area contributed by atoms with E-state index in [0.717, 1.165) is 17.9 Å². The van der Waals surface area contributed by atoms with Gasteiger partial charge in [0.15, 0.2) is 0 Å². The molecule has 0 atom stereocenters. The fraction of sp³-hybridized carbons (Fsp3) is 0.316. The monoisotopic (exact) mass is 339 g/mol. The number of rotatable bonds is 6. The molecule has 130 valence electrons. The Balaban J connectivity index is 1.69. The van der Waals surface area contributed by atoms with E-state index in [-0.39, 0.29) is 12.3 Å². The number of carboxylic acid groups (broad SMARTS) is 1. The Morgan fingerprint density at radius 2 is 1.92 bits per heavy atom. The molecule has 0 unspecified atom stereocenters. The molecule has 3 rings (SSSR count). The van der Waals surface area contributed by atoms with Crippen LogP contribution in [0.4, 0.5) is 11.5 Å². The average Bonchev–Trinajstić information content (AvgIpc) is 2.59. The summed E-state index contributed by atoms with van der Waals surface area (Å²) in [7, 11) is 1.91. The Hall–Kier alpha value is -2.89. The third-order valence-electron chi connectivity index (χ3n) is 4.68. The predicted molar refractivity (Wildman–Crippen MR) is 95.0 cm³/mol. The molecular weight excluding hydrogens is 318 g/mol. The van der Waals surface area contributed by atoms with Gasteiger partial charge in [0.1, 0.15) is 5.82 Å². The summed E-state index contributed by atoms with van der Waals surface area (Å²) in [4.78, 5) is 29.7. The first-order valence-corrected chi connectivity index (χ1v) is 8.28. The maximum Gasteiger partial charge on any atom is 0.305 e. The second-order valence-corrected chi connectivity index (χ2v) is 6.46. The number of amides is 1. The van der Waals surface area contributed by atoms with Gasteiger partial charge in [-0.05, 0) is 43.5 Å². The lowest BCUT2D eigenvalue weighted by Gasteiger charge is -2.41. The fourth-order valence-electron chi connectivity index (χ4n) is 3.05. The number of carbonyl (C=O) groups excluding carboxylic acids is 1. The van der Waals surface area contributed by atoms with Gasteiger partial charge in [-0.2, -0.15) is 0 Å². The summed E-state index contributed by atoms with van der Waals surface area (Å²) in [6, 6.07) is 13.3. The first-order chi connectivity index (χ1) is 12.0. The Labute approximate surface area is 146 Å². The molecule has 1 heterocycles. The SMILES string of the molecule is CN(c1ccccc1)c1ccc(C(=O)NC2(CC(=O)O)CCC2)cn1. The highest BCUT2D eigenvalue weighted by atomic mass is 16.4. The van der Waals surface area contributed by atoms with Gasteiger partial charge >= 0.3 is 5.97 Å². The summed E-state index contributed by atoms with van der Waals surface area (Å²) >= 11 is 0. The van der Waals surface area contributed by atoms with Crippen LogP contribution in [0.3, 0.4) is 0 Å². The molecule has 2 aromatic rings. The number of carbonyl (C=O) groups is 2. The number of nitrogens with one attached hydrogen (secondary N) is 1.